The van der Waals surface area contributed by atoms with Gasteiger partial charge in [0, 0.05) is 0 Å². The third kappa shape index (κ3) is 7.43. The number of hydrogen-bond acceptors (Lipinski definition) is 3. The van der Waals surface area contributed by atoms with Gasteiger partial charge in [-0.1, -0.05) is 5.16 Å². The Kier molecular flexibility index (Phi) is 3.24. The van der Waals surface area contributed by atoms with E-state index in [0.717, 1.165) is 0 Å². The summed E-state index contributed by atoms with van der Waals surface area (Å²) in [6, 6.07) is 0. The lowest BCUT2D eigenvalue weighted by atomic mass is 10.2. The van der Waals surface area contributed by atoms with E-state index in [1.54, 1.807) is 0 Å². The summed E-state index contributed by atoms with van der Waals surface area (Å²) >= 11 is 0. The molecule has 0 fully saturated rings. The van der Waals surface area contributed by atoms with E-state index < -0.39 is 0 Å². The molecular formula is C6H13NO2. The fourth-order valence-electron chi connectivity index (χ4n) is 0.321. The van der Waals surface area contributed by atoms with Crippen molar-refractivity contribution < 1.29 is 9.94 Å². The highest BCUT2D eigenvalue weighted by molar-refractivity contribution is 5.57. The van der Waals surface area contributed by atoms with Crippen molar-refractivity contribution >= 4 is 6.21 Å². The normalized spacial score (nSPS) is 12.8. The summed E-state index contributed by atoms with van der Waals surface area (Å²) in [4.78, 5) is 0. The lowest BCUT2D eigenvalue weighted by molar-refractivity contribution is 0.0221. The first-order valence-corrected chi connectivity index (χ1v) is 2.86. The van der Waals surface area contributed by atoms with Gasteiger partial charge in [0.2, 0.25) is 0 Å². The Morgan fingerprint density at radius 3 is 2.44 bits per heavy atom. The van der Waals surface area contributed by atoms with E-state index in [4.69, 9.17) is 9.94 Å². The third-order valence-electron chi connectivity index (χ3n) is 0.673. The van der Waals surface area contributed by atoms with Gasteiger partial charge in [0.15, 0.2) is 0 Å². The Morgan fingerprint density at radius 2 is 2.11 bits per heavy atom. The van der Waals surface area contributed by atoms with Gasteiger partial charge in [0.25, 0.3) is 0 Å². The molecule has 3 nitrogen and oxygen atoms in total. The highest BCUT2D eigenvalue weighted by atomic mass is 16.5. The fourth-order valence-corrected chi connectivity index (χ4v) is 0.321. The quantitative estimate of drug-likeness (QED) is 0.348. The summed E-state index contributed by atoms with van der Waals surface area (Å²) in [5, 5.41) is 10.7. The summed E-state index contributed by atoms with van der Waals surface area (Å²) in [6.45, 7) is 6.19. The van der Waals surface area contributed by atoms with Gasteiger partial charge in [-0.3, -0.25) is 0 Å². The second kappa shape index (κ2) is 3.45. The SMILES string of the molecule is CC(C)(C)OC/C=N\O. The van der Waals surface area contributed by atoms with Crippen molar-refractivity contribution in [3.63, 3.8) is 0 Å². The molecule has 54 valence electrons. The number of ether oxygens (including phenoxy) is 1. The molecule has 0 heterocycles. The number of hydrogen-bond donors (Lipinski definition) is 1. The highest BCUT2D eigenvalue weighted by Gasteiger charge is 2.07. The van der Waals surface area contributed by atoms with Crippen molar-refractivity contribution in [2.75, 3.05) is 6.61 Å². The van der Waals surface area contributed by atoms with Gasteiger partial charge in [-0.25, -0.2) is 0 Å². The number of oxime groups is 1. The van der Waals surface area contributed by atoms with Crippen LogP contribution in [0.4, 0.5) is 0 Å². The van der Waals surface area contributed by atoms with Crippen LogP contribution in [-0.2, 0) is 4.74 Å². The first-order chi connectivity index (χ1) is 4.06. The van der Waals surface area contributed by atoms with Crippen LogP contribution >= 0.6 is 0 Å². The molecule has 0 spiro atoms. The van der Waals surface area contributed by atoms with Crippen LogP contribution in [0.15, 0.2) is 5.16 Å². The molecule has 0 saturated heterocycles. The summed E-state index contributed by atoms with van der Waals surface area (Å²) in [7, 11) is 0. The van der Waals surface area contributed by atoms with Crippen LogP contribution in [0.25, 0.3) is 0 Å². The maximum atomic E-state index is 7.95. The first-order valence-electron chi connectivity index (χ1n) is 2.86. The van der Waals surface area contributed by atoms with Crippen molar-refractivity contribution in [3.05, 3.63) is 0 Å². The van der Waals surface area contributed by atoms with Crippen molar-refractivity contribution in [1.82, 2.24) is 0 Å². The molecule has 0 rings (SSSR count). The minimum Gasteiger partial charge on any atom is -0.411 e. The smallest absolute Gasteiger partial charge is 0.0859 e. The average molecular weight is 131 g/mol. The van der Waals surface area contributed by atoms with Crippen LogP contribution < -0.4 is 0 Å². The Balaban J connectivity index is 3.28. The zero-order valence-electron chi connectivity index (χ0n) is 6.09. The molecule has 0 aliphatic rings. The third-order valence-corrected chi connectivity index (χ3v) is 0.673. The van der Waals surface area contributed by atoms with Gasteiger partial charge >= 0.3 is 0 Å². The zero-order valence-corrected chi connectivity index (χ0v) is 6.09. The van der Waals surface area contributed by atoms with E-state index in [2.05, 4.69) is 5.16 Å². The van der Waals surface area contributed by atoms with Gasteiger partial charge in [-0.15, -0.1) is 0 Å². The number of nitrogens with zero attached hydrogens (tertiary/aromatic N) is 1. The number of rotatable bonds is 2. The highest BCUT2D eigenvalue weighted by Crippen LogP contribution is 2.04. The van der Waals surface area contributed by atoms with E-state index >= 15 is 0 Å². The van der Waals surface area contributed by atoms with E-state index in [9.17, 15) is 0 Å². The molecule has 0 saturated carbocycles. The first kappa shape index (κ1) is 8.43. The molecular weight excluding hydrogens is 118 g/mol. The van der Waals surface area contributed by atoms with Gasteiger partial charge < -0.3 is 9.94 Å². The van der Waals surface area contributed by atoms with Crippen LogP contribution in [-0.4, -0.2) is 23.6 Å². The van der Waals surface area contributed by atoms with Crippen molar-refractivity contribution in [3.8, 4) is 0 Å². The maximum Gasteiger partial charge on any atom is 0.0859 e. The van der Waals surface area contributed by atoms with Gasteiger partial charge in [0.05, 0.1) is 18.4 Å². The molecule has 0 aromatic carbocycles. The Hall–Kier alpha value is -0.570. The van der Waals surface area contributed by atoms with Crippen LogP contribution in [0.5, 0.6) is 0 Å². The fraction of sp³-hybridized carbons (Fsp3) is 0.833. The average Bonchev–Trinajstić information content (AvgIpc) is 1.63. The zero-order chi connectivity index (χ0) is 7.33. The van der Waals surface area contributed by atoms with Gasteiger partial charge in [-0.05, 0) is 20.8 Å². The van der Waals surface area contributed by atoms with Crippen molar-refractivity contribution in [2.24, 2.45) is 5.16 Å². The van der Waals surface area contributed by atoms with Crippen LogP contribution in [0.3, 0.4) is 0 Å². The minimum absolute atomic E-state index is 0.152. The molecule has 3 heteroatoms. The molecule has 0 amide bonds. The summed E-state index contributed by atoms with van der Waals surface area (Å²) in [6.07, 6.45) is 1.31. The van der Waals surface area contributed by atoms with Crippen LogP contribution in [0.2, 0.25) is 0 Å². The molecule has 0 bridgehead atoms. The Labute approximate surface area is 55.3 Å². The Morgan fingerprint density at radius 1 is 1.56 bits per heavy atom. The predicted molar refractivity (Wildman–Crippen MR) is 36.0 cm³/mol. The second-order valence-corrected chi connectivity index (χ2v) is 2.72. The summed E-state index contributed by atoms with van der Waals surface area (Å²) in [5.74, 6) is 0. The lowest BCUT2D eigenvalue weighted by Crippen LogP contribution is -2.20. The summed E-state index contributed by atoms with van der Waals surface area (Å²) < 4.78 is 5.16. The van der Waals surface area contributed by atoms with Crippen molar-refractivity contribution in [1.29, 1.82) is 0 Å². The molecule has 1 N–H and O–H groups in total. The van der Waals surface area contributed by atoms with E-state index in [1.807, 2.05) is 20.8 Å². The molecule has 0 aromatic heterocycles. The maximum absolute atomic E-state index is 7.95. The second-order valence-electron chi connectivity index (χ2n) is 2.72. The molecule has 0 aliphatic carbocycles. The van der Waals surface area contributed by atoms with Crippen LogP contribution in [0.1, 0.15) is 20.8 Å². The molecule has 0 unspecified atom stereocenters. The van der Waals surface area contributed by atoms with Crippen LogP contribution in [0, 0.1) is 0 Å². The molecule has 0 radical (unpaired) electrons. The largest absolute Gasteiger partial charge is 0.411 e. The van der Waals surface area contributed by atoms with E-state index in [-0.39, 0.29) is 5.60 Å². The molecule has 0 atom stereocenters. The van der Waals surface area contributed by atoms with Gasteiger partial charge in [-0.2, -0.15) is 0 Å². The molecule has 9 heavy (non-hydrogen) atoms. The van der Waals surface area contributed by atoms with E-state index in [1.165, 1.54) is 6.21 Å². The molecule has 0 aliphatic heterocycles. The standard InChI is InChI=1S/C6H13NO2/c1-6(2,3)9-5-4-7-8/h4,8H,5H2,1-3H3/b7-4-. The molecule has 0 aromatic rings. The monoisotopic (exact) mass is 131 g/mol. The van der Waals surface area contributed by atoms with Crippen molar-refractivity contribution in [2.45, 2.75) is 26.4 Å². The van der Waals surface area contributed by atoms with Gasteiger partial charge in [0.1, 0.15) is 0 Å². The van der Waals surface area contributed by atoms with E-state index in [0.29, 0.717) is 6.61 Å². The predicted octanol–water partition coefficient (Wildman–Crippen LogP) is 1.26. The topological polar surface area (TPSA) is 41.8 Å². The lowest BCUT2D eigenvalue weighted by Gasteiger charge is -2.17. The Bertz CT molecular complexity index is 93.7. The summed E-state index contributed by atoms with van der Waals surface area (Å²) in [5.41, 5.74) is -0.152. The minimum atomic E-state index is -0.152.